The van der Waals surface area contributed by atoms with Gasteiger partial charge in [-0.3, -0.25) is 4.79 Å². The number of benzene rings is 1. The first-order chi connectivity index (χ1) is 18.6. The van der Waals surface area contributed by atoms with Crippen molar-refractivity contribution in [2.24, 2.45) is 0 Å². The summed E-state index contributed by atoms with van der Waals surface area (Å²) < 4.78 is 44.7. The van der Waals surface area contributed by atoms with Gasteiger partial charge in [0.05, 0.1) is 85.9 Å². The Balaban J connectivity index is 1.76. The fraction of sp³-hybridized carbons (Fsp3) is 0.750. The molecule has 11 heteroatoms. The second-order valence-corrected chi connectivity index (χ2v) is 15.1. The summed E-state index contributed by atoms with van der Waals surface area (Å²) >= 11 is 0. The molecule has 1 N–H and O–H groups in total. The van der Waals surface area contributed by atoms with Gasteiger partial charge in [-0.25, -0.2) is 0 Å². The van der Waals surface area contributed by atoms with Gasteiger partial charge in [0.15, 0.2) is 8.32 Å². The fourth-order valence-electron chi connectivity index (χ4n) is 2.83. The lowest BCUT2D eigenvalue weighted by atomic mass is 10.2. The van der Waals surface area contributed by atoms with Crippen molar-refractivity contribution in [3.05, 3.63) is 24.3 Å². The van der Waals surface area contributed by atoms with Crippen LogP contribution in [-0.2, 0) is 37.6 Å². The van der Waals surface area contributed by atoms with E-state index in [9.17, 15) is 4.79 Å². The third-order valence-electron chi connectivity index (χ3n) is 6.03. The third kappa shape index (κ3) is 19.2. The molecule has 226 valence electrons. The molecule has 10 nitrogen and oxygen atoms in total. The van der Waals surface area contributed by atoms with Crippen molar-refractivity contribution >= 4 is 19.9 Å². The van der Waals surface area contributed by atoms with E-state index in [1.54, 1.807) is 24.3 Å². The van der Waals surface area contributed by atoms with Gasteiger partial charge in [0, 0.05) is 12.6 Å². The minimum atomic E-state index is -1.69. The van der Waals surface area contributed by atoms with Crippen LogP contribution < -0.4 is 10.1 Å². The van der Waals surface area contributed by atoms with E-state index in [2.05, 4.69) is 39.2 Å². The van der Waals surface area contributed by atoms with Gasteiger partial charge in [0.1, 0.15) is 12.4 Å². The maximum absolute atomic E-state index is 11.0. The topological polar surface area (TPSA) is 103 Å². The number of hydrogen-bond donors (Lipinski definition) is 1. The third-order valence-corrected chi connectivity index (χ3v) is 10.6. The van der Waals surface area contributed by atoms with Crippen LogP contribution in [0, 0.1) is 0 Å². The summed E-state index contributed by atoms with van der Waals surface area (Å²) in [4.78, 5) is 11.0. The van der Waals surface area contributed by atoms with Crippen molar-refractivity contribution in [2.45, 2.75) is 45.8 Å². The van der Waals surface area contributed by atoms with Crippen molar-refractivity contribution in [2.75, 3.05) is 97.8 Å². The van der Waals surface area contributed by atoms with Crippen LogP contribution in [0.4, 0.5) is 5.69 Å². The van der Waals surface area contributed by atoms with Crippen molar-refractivity contribution in [1.82, 2.24) is 0 Å². The van der Waals surface area contributed by atoms with Crippen LogP contribution in [0.15, 0.2) is 24.3 Å². The first kappa shape index (κ1) is 35.5. The lowest BCUT2D eigenvalue weighted by Gasteiger charge is -2.36. The normalized spacial score (nSPS) is 12.1. The SMILES string of the molecule is CC(=O)Nc1ccc(OCCOCCOCCOCCOCCOCCOCCO[Si](C)(C)C(C)(C)C)cc1. The highest BCUT2D eigenvalue weighted by Gasteiger charge is 2.36. The second-order valence-electron chi connectivity index (χ2n) is 10.3. The number of ether oxygens (including phenoxy) is 7. The molecule has 1 aromatic rings. The lowest BCUT2D eigenvalue weighted by Crippen LogP contribution is -2.41. The van der Waals surface area contributed by atoms with Crippen LogP contribution in [-0.4, -0.2) is 107 Å². The monoisotopic (exact) mass is 573 g/mol. The van der Waals surface area contributed by atoms with Gasteiger partial charge in [-0.2, -0.15) is 0 Å². The van der Waals surface area contributed by atoms with Crippen LogP contribution in [0.3, 0.4) is 0 Å². The molecule has 0 aliphatic rings. The average Bonchev–Trinajstić information content (AvgIpc) is 2.87. The van der Waals surface area contributed by atoms with E-state index >= 15 is 0 Å². The van der Waals surface area contributed by atoms with Gasteiger partial charge in [-0.15, -0.1) is 0 Å². The maximum Gasteiger partial charge on any atom is 0.221 e. The molecule has 0 fully saturated rings. The Morgan fingerprint density at radius 1 is 0.641 bits per heavy atom. The first-order valence-electron chi connectivity index (χ1n) is 13.7. The summed E-state index contributed by atoms with van der Waals surface area (Å²) in [5.41, 5.74) is 0.737. The smallest absolute Gasteiger partial charge is 0.221 e. The molecule has 0 aromatic heterocycles. The molecule has 0 unspecified atom stereocenters. The number of carbonyl (C=O) groups is 1. The standard InChI is InChI=1S/C28H51NO9Si/c1-25(30)29-26-7-9-27(10-8-26)37-23-21-35-19-17-33-15-13-31-11-12-32-14-16-34-18-20-36-22-24-38-39(5,6)28(2,3)4/h7-10H,11-24H2,1-6H3,(H,29,30). The molecule has 1 amide bonds. The average molecular weight is 574 g/mol. The van der Waals surface area contributed by atoms with Crippen LogP contribution in [0.1, 0.15) is 27.7 Å². The molecule has 0 heterocycles. The largest absolute Gasteiger partial charge is 0.491 e. The number of rotatable bonds is 24. The summed E-state index contributed by atoms with van der Waals surface area (Å²) in [5, 5.41) is 2.93. The highest BCUT2D eigenvalue weighted by Crippen LogP contribution is 2.36. The fourth-order valence-corrected chi connectivity index (χ4v) is 3.86. The Labute approximate surface area is 236 Å². The molecule has 0 atom stereocenters. The van der Waals surface area contributed by atoms with Gasteiger partial charge >= 0.3 is 0 Å². The molecular weight excluding hydrogens is 522 g/mol. The van der Waals surface area contributed by atoms with Crippen LogP contribution >= 0.6 is 0 Å². The lowest BCUT2D eigenvalue weighted by molar-refractivity contribution is -0.114. The Morgan fingerprint density at radius 2 is 1.00 bits per heavy atom. The van der Waals surface area contributed by atoms with E-state index in [-0.39, 0.29) is 10.9 Å². The van der Waals surface area contributed by atoms with Crippen molar-refractivity contribution in [3.63, 3.8) is 0 Å². The summed E-state index contributed by atoms with van der Waals surface area (Å²) in [7, 11) is -1.69. The molecule has 0 radical (unpaired) electrons. The predicted molar refractivity (Wildman–Crippen MR) is 154 cm³/mol. The minimum Gasteiger partial charge on any atom is -0.491 e. The van der Waals surface area contributed by atoms with Gasteiger partial charge in [-0.1, -0.05) is 20.8 Å². The summed E-state index contributed by atoms with van der Waals surface area (Å²) in [5.74, 6) is 0.620. The number of amides is 1. The molecule has 1 rings (SSSR count). The van der Waals surface area contributed by atoms with Crippen molar-refractivity contribution < 1.29 is 42.4 Å². The molecule has 0 aliphatic carbocycles. The number of hydrogen-bond acceptors (Lipinski definition) is 9. The molecule has 39 heavy (non-hydrogen) atoms. The van der Waals surface area contributed by atoms with Gasteiger partial charge in [0.25, 0.3) is 0 Å². The van der Waals surface area contributed by atoms with Crippen molar-refractivity contribution in [3.8, 4) is 5.75 Å². The van der Waals surface area contributed by atoms with Crippen LogP contribution in [0.25, 0.3) is 0 Å². The van der Waals surface area contributed by atoms with Gasteiger partial charge < -0.3 is 42.9 Å². The molecular formula is C28H51NO9Si. The summed E-state index contributed by atoms with van der Waals surface area (Å²) in [6.45, 7) is 20.0. The molecule has 0 aliphatic heterocycles. The maximum atomic E-state index is 11.0. The molecule has 0 saturated heterocycles. The Morgan fingerprint density at radius 3 is 1.36 bits per heavy atom. The van der Waals surface area contributed by atoms with E-state index in [1.807, 2.05) is 0 Å². The molecule has 0 saturated carbocycles. The van der Waals surface area contributed by atoms with Crippen LogP contribution in [0.5, 0.6) is 5.75 Å². The Hall–Kier alpha value is -1.57. The number of anilines is 1. The Kier molecular flexibility index (Phi) is 19.3. The van der Waals surface area contributed by atoms with Gasteiger partial charge in [0.2, 0.25) is 5.91 Å². The van der Waals surface area contributed by atoms with E-state index in [4.69, 9.17) is 37.6 Å². The second kappa shape index (κ2) is 21.2. The predicted octanol–water partition coefficient (Wildman–Crippen LogP) is 4.15. The van der Waals surface area contributed by atoms with Crippen LogP contribution in [0.2, 0.25) is 18.1 Å². The highest BCUT2D eigenvalue weighted by molar-refractivity contribution is 6.74. The van der Waals surface area contributed by atoms with Gasteiger partial charge in [-0.05, 0) is 42.4 Å². The minimum absolute atomic E-state index is 0.103. The van der Waals surface area contributed by atoms with E-state index < -0.39 is 8.32 Å². The Bertz CT molecular complexity index is 742. The zero-order chi connectivity index (χ0) is 28.8. The quantitative estimate of drug-likeness (QED) is 0.144. The highest BCUT2D eigenvalue weighted by atomic mass is 28.4. The molecule has 0 spiro atoms. The summed E-state index contributed by atoms with van der Waals surface area (Å²) in [6.07, 6.45) is 0. The summed E-state index contributed by atoms with van der Waals surface area (Å²) in [6, 6.07) is 7.19. The zero-order valence-corrected chi connectivity index (χ0v) is 25.9. The zero-order valence-electron chi connectivity index (χ0n) is 24.9. The van der Waals surface area contributed by atoms with E-state index in [1.165, 1.54) is 6.92 Å². The number of nitrogens with one attached hydrogen (secondary N) is 1. The number of carbonyl (C=O) groups excluding carboxylic acids is 1. The first-order valence-corrected chi connectivity index (χ1v) is 16.6. The molecule has 1 aromatic carbocycles. The van der Waals surface area contributed by atoms with E-state index in [0.717, 1.165) is 11.4 Å². The van der Waals surface area contributed by atoms with E-state index in [0.29, 0.717) is 92.5 Å². The van der Waals surface area contributed by atoms with Crippen molar-refractivity contribution in [1.29, 1.82) is 0 Å². The molecule has 0 bridgehead atoms.